The summed E-state index contributed by atoms with van der Waals surface area (Å²) in [4.78, 5) is 12.4. The predicted octanol–water partition coefficient (Wildman–Crippen LogP) is 3.56. The molecule has 0 aliphatic carbocycles. The van der Waals surface area contributed by atoms with Crippen molar-refractivity contribution in [2.24, 2.45) is 0 Å². The molecule has 0 heterocycles. The molecular weight excluding hydrogens is 399 g/mol. The van der Waals surface area contributed by atoms with Gasteiger partial charge in [-0.15, -0.1) is 0 Å². The summed E-state index contributed by atoms with van der Waals surface area (Å²) < 4.78 is 32.0. The predicted molar refractivity (Wildman–Crippen MR) is 103 cm³/mol. The van der Waals surface area contributed by atoms with Crippen molar-refractivity contribution in [2.45, 2.75) is 17.9 Å². The third-order valence-corrected chi connectivity index (χ3v) is 5.82. The van der Waals surface area contributed by atoms with Crippen molar-refractivity contribution in [1.29, 1.82) is 0 Å². The van der Waals surface area contributed by atoms with E-state index >= 15 is 0 Å². The number of amides is 1. The standard InChI is InChI=1S/C17H18Cl2N2O4S/c1-11(10-25-2)21-26(23,24)13-8-6-12(7-9-13)20-17(22)14-4-3-5-15(18)16(14)19/h3-9,11,21H,10H2,1-2H3,(H,20,22). The van der Waals surface area contributed by atoms with E-state index in [1.807, 2.05) is 0 Å². The third-order valence-electron chi connectivity index (χ3n) is 3.39. The van der Waals surface area contributed by atoms with E-state index in [-0.39, 0.29) is 33.2 Å². The van der Waals surface area contributed by atoms with Crippen molar-refractivity contribution in [1.82, 2.24) is 4.72 Å². The molecule has 0 aliphatic heterocycles. The Morgan fingerprint density at radius 3 is 2.42 bits per heavy atom. The first-order valence-corrected chi connectivity index (χ1v) is 9.85. The lowest BCUT2D eigenvalue weighted by molar-refractivity contribution is 0.102. The summed E-state index contributed by atoms with van der Waals surface area (Å²) in [6.07, 6.45) is 0. The number of methoxy groups -OCH3 is 1. The summed E-state index contributed by atoms with van der Waals surface area (Å²) in [5, 5.41) is 3.08. The molecule has 2 aromatic carbocycles. The molecule has 140 valence electrons. The van der Waals surface area contributed by atoms with Gasteiger partial charge in [-0.3, -0.25) is 4.79 Å². The maximum absolute atomic E-state index is 12.3. The van der Waals surface area contributed by atoms with Crippen molar-refractivity contribution in [2.75, 3.05) is 19.0 Å². The van der Waals surface area contributed by atoms with Gasteiger partial charge in [-0.2, -0.15) is 0 Å². The van der Waals surface area contributed by atoms with Crippen molar-refractivity contribution >= 4 is 44.8 Å². The van der Waals surface area contributed by atoms with Gasteiger partial charge in [0.25, 0.3) is 5.91 Å². The van der Waals surface area contributed by atoms with E-state index < -0.39 is 15.9 Å². The van der Waals surface area contributed by atoms with Gasteiger partial charge in [-0.05, 0) is 43.3 Å². The van der Waals surface area contributed by atoms with Crippen LogP contribution in [-0.4, -0.2) is 34.1 Å². The lowest BCUT2D eigenvalue weighted by atomic mass is 10.2. The van der Waals surface area contributed by atoms with Crippen LogP contribution in [0.2, 0.25) is 10.0 Å². The molecule has 9 heteroatoms. The molecule has 26 heavy (non-hydrogen) atoms. The van der Waals surface area contributed by atoms with Gasteiger partial charge in [0.1, 0.15) is 0 Å². The Morgan fingerprint density at radius 1 is 1.15 bits per heavy atom. The number of benzene rings is 2. The average Bonchev–Trinajstić information content (AvgIpc) is 2.57. The van der Waals surface area contributed by atoms with Gasteiger partial charge in [-0.25, -0.2) is 13.1 Å². The molecule has 0 saturated heterocycles. The van der Waals surface area contributed by atoms with Crippen LogP contribution in [0.5, 0.6) is 0 Å². The zero-order valence-electron chi connectivity index (χ0n) is 14.1. The molecule has 1 amide bonds. The second kappa shape index (κ2) is 8.83. The largest absolute Gasteiger partial charge is 0.383 e. The molecule has 6 nitrogen and oxygen atoms in total. The molecule has 0 saturated carbocycles. The Morgan fingerprint density at radius 2 is 1.81 bits per heavy atom. The minimum Gasteiger partial charge on any atom is -0.383 e. The highest BCUT2D eigenvalue weighted by Crippen LogP contribution is 2.26. The summed E-state index contributed by atoms with van der Waals surface area (Å²) in [6.45, 7) is 1.96. The van der Waals surface area contributed by atoms with Gasteiger partial charge in [0, 0.05) is 18.8 Å². The molecule has 0 fully saturated rings. The molecular formula is C17H18Cl2N2O4S. The lowest BCUT2D eigenvalue weighted by Crippen LogP contribution is -2.35. The molecule has 0 aliphatic rings. The van der Waals surface area contributed by atoms with Crippen LogP contribution in [0, 0.1) is 0 Å². The van der Waals surface area contributed by atoms with Gasteiger partial charge in [0.05, 0.1) is 27.1 Å². The van der Waals surface area contributed by atoms with Gasteiger partial charge >= 0.3 is 0 Å². The monoisotopic (exact) mass is 416 g/mol. The average molecular weight is 417 g/mol. The van der Waals surface area contributed by atoms with E-state index in [4.69, 9.17) is 27.9 Å². The van der Waals surface area contributed by atoms with Gasteiger partial charge < -0.3 is 10.1 Å². The van der Waals surface area contributed by atoms with E-state index in [1.54, 1.807) is 25.1 Å². The first-order valence-electron chi connectivity index (χ1n) is 7.61. The topological polar surface area (TPSA) is 84.5 Å². The third kappa shape index (κ3) is 5.18. The fourth-order valence-electron chi connectivity index (χ4n) is 2.21. The highest BCUT2D eigenvalue weighted by atomic mass is 35.5. The Balaban J connectivity index is 2.12. The van der Waals surface area contributed by atoms with Crippen LogP contribution in [0.1, 0.15) is 17.3 Å². The van der Waals surface area contributed by atoms with Crippen LogP contribution in [0.3, 0.4) is 0 Å². The van der Waals surface area contributed by atoms with Crippen LogP contribution in [0.25, 0.3) is 0 Å². The minimum absolute atomic E-state index is 0.0826. The molecule has 0 radical (unpaired) electrons. The zero-order valence-corrected chi connectivity index (χ0v) is 16.5. The molecule has 2 aromatic rings. The Kier molecular flexibility index (Phi) is 7.02. The first kappa shape index (κ1) is 20.7. The number of carbonyl (C=O) groups excluding carboxylic acids is 1. The maximum atomic E-state index is 12.3. The van der Waals surface area contributed by atoms with E-state index in [0.29, 0.717) is 5.69 Å². The van der Waals surface area contributed by atoms with Gasteiger partial charge in [0.15, 0.2) is 0 Å². The quantitative estimate of drug-likeness (QED) is 0.722. The van der Waals surface area contributed by atoms with Crippen LogP contribution in [0.4, 0.5) is 5.69 Å². The Bertz CT molecular complexity index is 886. The second-order valence-electron chi connectivity index (χ2n) is 5.56. The van der Waals surface area contributed by atoms with Crippen LogP contribution in [0.15, 0.2) is 47.4 Å². The first-order chi connectivity index (χ1) is 12.2. The summed E-state index contributed by atoms with van der Waals surface area (Å²) in [6, 6.07) is 10.2. The van der Waals surface area contributed by atoms with Crippen molar-refractivity contribution < 1.29 is 17.9 Å². The molecule has 0 spiro atoms. The fraction of sp³-hybridized carbons (Fsp3) is 0.235. The van der Waals surface area contributed by atoms with Gasteiger partial charge in [-0.1, -0.05) is 29.3 Å². The van der Waals surface area contributed by atoms with Gasteiger partial charge in [0.2, 0.25) is 10.0 Å². The molecule has 2 N–H and O–H groups in total. The number of nitrogens with one attached hydrogen (secondary N) is 2. The zero-order chi connectivity index (χ0) is 19.3. The highest BCUT2D eigenvalue weighted by molar-refractivity contribution is 7.89. The Labute approximate surface area is 162 Å². The maximum Gasteiger partial charge on any atom is 0.257 e. The summed E-state index contributed by atoms with van der Waals surface area (Å²) in [7, 11) is -2.18. The van der Waals surface area contributed by atoms with Crippen LogP contribution in [-0.2, 0) is 14.8 Å². The normalized spacial score (nSPS) is 12.6. The van der Waals surface area contributed by atoms with E-state index in [0.717, 1.165) is 0 Å². The summed E-state index contributed by atoms with van der Waals surface area (Å²) in [5.74, 6) is -0.444. The smallest absolute Gasteiger partial charge is 0.257 e. The van der Waals surface area contributed by atoms with Crippen LogP contribution < -0.4 is 10.0 Å². The molecule has 0 bridgehead atoms. The fourth-order valence-corrected chi connectivity index (χ4v) is 3.83. The Hall–Kier alpha value is -1.64. The molecule has 1 unspecified atom stereocenters. The molecule has 2 rings (SSSR count). The molecule has 0 aromatic heterocycles. The SMILES string of the molecule is COCC(C)NS(=O)(=O)c1ccc(NC(=O)c2cccc(Cl)c2Cl)cc1. The number of sulfonamides is 1. The number of halogens is 2. The van der Waals surface area contributed by atoms with Crippen molar-refractivity contribution in [3.05, 3.63) is 58.1 Å². The van der Waals surface area contributed by atoms with E-state index in [1.165, 1.54) is 31.4 Å². The number of ether oxygens (including phenoxy) is 1. The number of hydrogen-bond donors (Lipinski definition) is 2. The summed E-state index contributed by atoms with van der Waals surface area (Å²) in [5.41, 5.74) is 0.654. The molecule has 1 atom stereocenters. The number of hydrogen-bond acceptors (Lipinski definition) is 4. The van der Waals surface area contributed by atoms with Crippen molar-refractivity contribution in [3.8, 4) is 0 Å². The van der Waals surface area contributed by atoms with E-state index in [9.17, 15) is 13.2 Å². The van der Waals surface area contributed by atoms with E-state index in [2.05, 4.69) is 10.0 Å². The van der Waals surface area contributed by atoms with Crippen molar-refractivity contribution in [3.63, 3.8) is 0 Å². The summed E-state index contributed by atoms with van der Waals surface area (Å²) >= 11 is 11.9. The number of anilines is 1. The lowest BCUT2D eigenvalue weighted by Gasteiger charge is -2.13. The highest BCUT2D eigenvalue weighted by Gasteiger charge is 2.18. The number of rotatable bonds is 7. The van der Waals surface area contributed by atoms with Crippen LogP contribution >= 0.6 is 23.2 Å². The minimum atomic E-state index is -3.67. The number of carbonyl (C=O) groups is 1. The second-order valence-corrected chi connectivity index (χ2v) is 8.06.